The zero-order chi connectivity index (χ0) is 39.6. The number of fused-ring (bicyclic) bond motifs is 7. The summed E-state index contributed by atoms with van der Waals surface area (Å²) >= 11 is 0. The van der Waals surface area contributed by atoms with Gasteiger partial charge in [-0.1, -0.05) is 170 Å². The molecule has 1 unspecified atom stereocenters. The molecular weight excluding hydrogens is 735 g/mol. The molecule has 0 fully saturated rings. The van der Waals surface area contributed by atoms with Crippen molar-refractivity contribution >= 4 is 66.3 Å². The van der Waals surface area contributed by atoms with E-state index in [0.717, 1.165) is 105 Å². The highest BCUT2D eigenvalue weighted by atomic mass is 16.3. The summed E-state index contributed by atoms with van der Waals surface area (Å²) in [4.78, 5) is 10.5. The van der Waals surface area contributed by atoms with Gasteiger partial charge in [0.15, 0.2) is 12.0 Å². The number of amidine groups is 2. The summed E-state index contributed by atoms with van der Waals surface area (Å²) < 4.78 is 12.9. The normalized spacial score (nSPS) is 14.2. The van der Waals surface area contributed by atoms with E-state index in [2.05, 4.69) is 169 Å². The average molecular weight is 770 g/mol. The van der Waals surface area contributed by atoms with E-state index in [1.165, 1.54) is 5.56 Å². The van der Waals surface area contributed by atoms with Crippen molar-refractivity contribution < 1.29 is 8.83 Å². The Morgan fingerprint density at radius 1 is 0.417 bits per heavy atom. The molecule has 11 aromatic rings. The van der Waals surface area contributed by atoms with Crippen molar-refractivity contribution in [2.75, 3.05) is 0 Å². The monoisotopic (exact) mass is 769 g/mol. The average Bonchev–Trinajstić information content (AvgIpc) is 3.90. The molecule has 9 aromatic carbocycles. The van der Waals surface area contributed by atoms with E-state index in [1.54, 1.807) is 0 Å². The smallest absolute Gasteiger partial charge is 0.159 e. The molecule has 282 valence electrons. The molecule has 5 heteroatoms. The molecule has 0 bridgehead atoms. The van der Waals surface area contributed by atoms with Crippen LogP contribution in [0.4, 0.5) is 0 Å². The Bertz CT molecular complexity index is 3510. The van der Waals surface area contributed by atoms with Crippen LogP contribution >= 0.6 is 0 Å². The maximum absolute atomic E-state index is 6.53. The lowest BCUT2D eigenvalue weighted by Gasteiger charge is -2.24. The fourth-order valence-electron chi connectivity index (χ4n) is 8.84. The van der Waals surface area contributed by atoms with Crippen molar-refractivity contribution in [1.82, 2.24) is 5.32 Å². The maximum Gasteiger partial charge on any atom is 0.159 e. The number of nitrogens with zero attached hydrogens (tertiary/aromatic N) is 2. The van der Waals surface area contributed by atoms with Gasteiger partial charge in [0.1, 0.15) is 28.2 Å². The molecule has 5 nitrogen and oxygen atoms in total. The first-order valence-corrected chi connectivity index (χ1v) is 20.3. The van der Waals surface area contributed by atoms with Gasteiger partial charge in [0.05, 0.1) is 0 Å². The van der Waals surface area contributed by atoms with E-state index in [1.807, 2.05) is 36.4 Å². The highest BCUT2D eigenvalue weighted by Crippen LogP contribution is 2.43. The lowest BCUT2D eigenvalue weighted by atomic mass is 9.89. The van der Waals surface area contributed by atoms with E-state index in [0.29, 0.717) is 5.84 Å². The van der Waals surface area contributed by atoms with Crippen molar-refractivity contribution in [3.63, 3.8) is 0 Å². The Morgan fingerprint density at radius 3 is 1.83 bits per heavy atom. The van der Waals surface area contributed by atoms with Crippen molar-refractivity contribution in [2.24, 2.45) is 9.98 Å². The van der Waals surface area contributed by atoms with Crippen LogP contribution < -0.4 is 5.32 Å². The largest absolute Gasteiger partial charge is 0.456 e. The summed E-state index contributed by atoms with van der Waals surface area (Å²) in [5.41, 5.74) is 13.2. The molecule has 0 aliphatic carbocycles. The Balaban J connectivity index is 1.01. The first kappa shape index (κ1) is 34.1. The minimum absolute atomic E-state index is 0.451. The molecule has 0 saturated heterocycles. The second-order valence-corrected chi connectivity index (χ2v) is 15.3. The summed E-state index contributed by atoms with van der Waals surface area (Å²) in [5.74, 6) is 1.40. The van der Waals surface area contributed by atoms with Gasteiger partial charge in [0.25, 0.3) is 0 Å². The Kier molecular flexibility index (Phi) is 7.85. The first-order chi connectivity index (χ1) is 29.7. The standard InChI is InChI=1S/C55H35N3O2/c1-3-12-34(13-4-1)35-22-26-38(27-23-35)53-56-54(58-55(57-53)46-19-11-18-44-43-16-7-9-20-47(43)60-52(44)46)40-29-25-36-24-28-39(32-41(36)33-40)50-42(37-14-5-2-6-15-37)30-31-49-51(50)45-17-8-10-21-48(45)59-49/h1-33,55H,(H,56,57,58). The van der Waals surface area contributed by atoms with E-state index < -0.39 is 6.17 Å². The van der Waals surface area contributed by atoms with Crippen molar-refractivity contribution in [3.05, 3.63) is 217 Å². The van der Waals surface area contributed by atoms with Gasteiger partial charge < -0.3 is 14.2 Å². The topological polar surface area (TPSA) is 63.0 Å². The number of benzene rings is 9. The number of furan rings is 2. The second-order valence-electron chi connectivity index (χ2n) is 15.3. The minimum Gasteiger partial charge on any atom is -0.456 e. The zero-order valence-electron chi connectivity index (χ0n) is 32.3. The van der Waals surface area contributed by atoms with E-state index in [-0.39, 0.29) is 0 Å². The van der Waals surface area contributed by atoms with Gasteiger partial charge in [-0.05, 0) is 68.9 Å². The molecule has 1 aliphatic rings. The van der Waals surface area contributed by atoms with Gasteiger partial charge in [-0.3, -0.25) is 0 Å². The van der Waals surface area contributed by atoms with Gasteiger partial charge in [-0.15, -0.1) is 0 Å². The number of aliphatic imine (C=N–C) groups is 2. The fraction of sp³-hybridized carbons (Fsp3) is 0.0182. The summed E-state index contributed by atoms with van der Waals surface area (Å²) in [6.07, 6.45) is -0.451. The predicted molar refractivity (Wildman–Crippen MR) is 247 cm³/mol. The van der Waals surface area contributed by atoms with Crippen LogP contribution in [0.15, 0.2) is 219 Å². The summed E-state index contributed by atoms with van der Waals surface area (Å²) in [7, 11) is 0. The third kappa shape index (κ3) is 5.70. The molecule has 2 aromatic heterocycles. The van der Waals surface area contributed by atoms with Crippen LogP contribution in [-0.4, -0.2) is 11.7 Å². The molecule has 3 heterocycles. The lowest BCUT2D eigenvalue weighted by Crippen LogP contribution is -2.33. The van der Waals surface area contributed by atoms with Crippen LogP contribution in [0.3, 0.4) is 0 Å². The maximum atomic E-state index is 6.53. The molecular formula is C55H35N3O2. The van der Waals surface area contributed by atoms with Crippen LogP contribution in [0, 0.1) is 0 Å². The van der Waals surface area contributed by atoms with E-state index in [4.69, 9.17) is 18.8 Å². The van der Waals surface area contributed by atoms with Gasteiger partial charge in [0.2, 0.25) is 0 Å². The number of hydrogen-bond acceptors (Lipinski definition) is 5. The number of para-hydroxylation sites is 3. The quantitative estimate of drug-likeness (QED) is 0.183. The lowest BCUT2D eigenvalue weighted by molar-refractivity contribution is 0.628. The summed E-state index contributed by atoms with van der Waals surface area (Å²) in [6.45, 7) is 0. The molecule has 1 aliphatic heterocycles. The molecule has 1 atom stereocenters. The molecule has 1 N–H and O–H groups in total. The Labute approximate surface area is 345 Å². The minimum atomic E-state index is -0.451. The van der Waals surface area contributed by atoms with Crippen molar-refractivity contribution in [1.29, 1.82) is 0 Å². The van der Waals surface area contributed by atoms with Gasteiger partial charge in [-0.25, -0.2) is 9.98 Å². The van der Waals surface area contributed by atoms with E-state index in [9.17, 15) is 0 Å². The third-order valence-corrected chi connectivity index (χ3v) is 11.8. The van der Waals surface area contributed by atoms with Crippen LogP contribution in [0.1, 0.15) is 22.9 Å². The molecule has 60 heavy (non-hydrogen) atoms. The third-order valence-electron chi connectivity index (χ3n) is 11.8. The number of nitrogens with one attached hydrogen (secondary N) is 1. The Hall–Kier alpha value is -8.02. The molecule has 12 rings (SSSR count). The van der Waals surface area contributed by atoms with Gasteiger partial charge in [-0.2, -0.15) is 0 Å². The number of hydrogen-bond donors (Lipinski definition) is 1. The van der Waals surface area contributed by atoms with Crippen LogP contribution in [0.5, 0.6) is 0 Å². The van der Waals surface area contributed by atoms with Gasteiger partial charge >= 0.3 is 0 Å². The highest BCUT2D eigenvalue weighted by molar-refractivity contribution is 6.17. The van der Waals surface area contributed by atoms with Crippen LogP contribution in [-0.2, 0) is 0 Å². The molecule has 0 radical (unpaired) electrons. The molecule has 0 amide bonds. The zero-order valence-corrected chi connectivity index (χ0v) is 32.3. The SMILES string of the molecule is c1ccc(-c2ccc(C3=NC(c4cccc5c4oc4ccccc45)NC(c4ccc5ccc(-c6c(-c7ccccc7)ccc7oc8ccccc8c67)cc5c4)=N3)cc2)cc1. The number of rotatable bonds is 6. The summed E-state index contributed by atoms with van der Waals surface area (Å²) in [6, 6.07) is 69.9. The second kappa shape index (κ2) is 13.8. The van der Waals surface area contributed by atoms with Crippen molar-refractivity contribution in [3.8, 4) is 33.4 Å². The fourth-order valence-corrected chi connectivity index (χ4v) is 8.84. The van der Waals surface area contributed by atoms with E-state index >= 15 is 0 Å². The first-order valence-electron chi connectivity index (χ1n) is 20.3. The van der Waals surface area contributed by atoms with Crippen LogP contribution in [0.25, 0.3) is 88.0 Å². The van der Waals surface area contributed by atoms with Crippen molar-refractivity contribution in [2.45, 2.75) is 6.17 Å². The molecule has 0 saturated carbocycles. The van der Waals surface area contributed by atoms with Crippen LogP contribution in [0.2, 0.25) is 0 Å². The summed E-state index contributed by atoms with van der Waals surface area (Å²) in [5, 5.41) is 10.3. The Morgan fingerprint density at radius 2 is 1.03 bits per heavy atom. The predicted octanol–water partition coefficient (Wildman–Crippen LogP) is 14.1. The highest BCUT2D eigenvalue weighted by Gasteiger charge is 2.25. The molecule has 0 spiro atoms. The van der Waals surface area contributed by atoms with Gasteiger partial charge in [0, 0.05) is 43.8 Å².